The van der Waals surface area contributed by atoms with Gasteiger partial charge >= 0.3 is 0 Å². The molecule has 0 bridgehead atoms. The maximum absolute atomic E-state index is 12.6. The van der Waals surface area contributed by atoms with Gasteiger partial charge in [-0.1, -0.05) is 24.6 Å². The number of nitrogens with one attached hydrogen (secondary N) is 1. The third-order valence-electron chi connectivity index (χ3n) is 4.23. The van der Waals surface area contributed by atoms with Gasteiger partial charge in [-0.2, -0.15) is 0 Å². The van der Waals surface area contributed by atoms with Crippen molar-refractivity contribution in [3.05, 3.63) is 39.3 Å². The number of nitrogens with zero attached hydrogens (tertiary/aromatic N) is 3. The Kier molecular flexibility index (Phi) is 5.55. The Morgan fingerprint density at radius 3 is 2.88 bits per heavy atom. The number of aliphatic hydroxyl groups is 1. The number of amides is 2. The summed E-state index contributed by atoms with van der Waals surface area (Å²) in [6.07, 6.45) is 1.35. The van der Waals surface area contributed by atoms with Crippen LogP contribution in [0.1, 0.15) is 23.4 Å². The Bertz CT molecular complexity index is 828. The van der Waals surface area contributed by atoms with Crippen LogP contribution in [0.15, 0.2) is 24.3 Å². The van der Waals surface area contributed by atoms with Crippen LogP contribution in [-0.4, -0.2) is 45.8 Å². The van der Waals surface area contributed by atoms with Crippen molar-refractivity contribution in [3.8, 4) is 0 Å². The number of aryl methyl sites for hydroxylation is 1. The fourth-order valence-electron chi connectivity index (χ4n) is 2.77. The zero-order valence-corrected chi connectivity index (χ0v) is 15.8. The van der Waals surface area contributed by atoms with E-state index in [-0.39, 0.29) is 19.5 Å². The number of halogens is 1. The molecule has 0 aliphatic carbocycles. The molecule has 26 heavy (non-hydrogen) atoms. The van der Waals surface area contributed by atoms with E-state index in [9.17, 15) is 14.7 Å². The predicted molar refractivity (Wildman–Crippen MR) is 99.4 cm³/mol. The summed E-state index contributed by atoms with van der Waals surface area (Å²) < 4.78 is 0. The Balaban J connectivity index is 1.60. The van der Waals surface area contributed by atoms with Crippen molar-refractivity contribution >= 4 is 40.4 Å². The third-order valence-corrected chi connectivity index (χ3v) is 5.59. The molecular formula is C17H19ClN4O3S. The highest BCUT2D eigenvalue weighted by molar-refractivity contribution is 7.11. The average molecular weight is 395 g/mol. The molecule has 0 saturated carbocycles. The van der Waals surface area contributed by atoms with Crippen LogP contribution in [0.3, 0.4) is 0 Å². The molecule has 7 nitrogen and oxygen atoms in total. The van der Waals surface area contributed by atoms with Crippen LogP contribution in [0, 0.1) is 0 Å². The molecule has 1 aromatic carbocycles. The van der Waals surface area contributed by atoms with Crippen LogP contribution in [0.25, 0.3) is 0 Å². The number of anilines is 1. The molecule has 1 atom stereocenters. The quantitative estimate of drug-likeness (QED) is 0.725. The monoisotopic (exact) mass is 394 g/mol. The summed E-state index contributed by atoms with van der Waals surface area (Å²) in [7, 11) is 0. The minimum atomic E-state index is -2.06. The molecule has 1 fully saturated rings. The van der Waals surface area contributed by atoms with E-state index in [0.717, 1.165) is 16.4 Å². The normalized spacial score (nSPS) is 19.8. The number of carbonyl (C=O) groups excluding carboxylic acids is 2. The van der Waals surface area contributed by atoms with Gasteiger partial charge in [0.1, 0.15) is 10.0 Å². The molecule has 138 valence electrons. The van der Waals surface area contributed by atoms with Crippen LogP contribution in [0.2, 0.25) is 5.02 Å². The summed E-state index contributed by atoms with van der Waals surface area (Å²) >= 11 is 7.45. The Morgan fingerprint density at radius 1 is 1.42 bits per heavy atom. The van der Waals surface area contributed by atoms with Crippen LogP contribution >= 0.6 is 22.9 Å². The third kappa shape index (κ3) is 3.72. The maximum Gasteiger partial charge on any atom is 0.268 e. The van der Waals surface area contributed by atoms with Crippen LogP contribution in [0.5, 0.6) is 0 Å². The van der Waals surface area contributed by atoms with Gasteiger partial charge in [-0.25, -0.2) is 0 Å². The molecule has 2 heterocycles. The topological polar surface area (TPSA) is 95.4 Å². The van der Waals surface area contributed by atoms with E-state index in [1.54, 1.807) is 24.3 Å². The van der Waals surface area contributed by atoms with Gasteiger partial charge in [0.05, 0.1) is 0 Å². The fourth-order valence-corrected chi connectivity index (χ4v) is 3.74. The van der Waals surface area contributed by atoms with Gasteiger partial charge in [-0.05, 0) is 24.6 Å². The van der Waals surface area contributed by atoms with Crippen molar-refractivity contribution in [3.63, 3.8) is 0 Å². The molecule has 0 unspecified atom stereocenters. The SMILES string of the molecule is CCc1nnc(CCNC(=O)[C@@]2(O)CCN(c3cccc(Cl)c3)C2=O)s1. The van der Waals surface area contributed by atoms with E-state index in [0.29, 0.717) is 17.1 Å². The number of hydrogen-bond acceptors (Lipinski definition) is 6. The summed E-state index contributed by atoms with van der Waals surface area (Å²) in [4.78, 5) is 26.4. The van der Waals surface area contributed by atoms with Crippen molar-refractivity contribution in [2.45, 2.75) is 31.8 Å². The molecule has 1 aromatic heterocycles. The molecule has 2 aromatic rings. The summed E-state index contributed by atoms with van der Waals surface area (Å²) in [6.45, 7) is 2.53. The summed E-state index contributed by atoms with van der Waals surface area (Å²) in [6, 6.07) is 6.76. The highest BCUT2D eigenvalue weighted by Gasteiger charge is 2.51. The molecular weight excluding hydrogens is 376 g/mol. The van der Waals surface area contributed by atoms with Crippen LogP contribution < -0.4 is 10.2 Å². The summed E-state index contributed by atoms with van der Waals surface area (Å²) in [5.74, 6) is -1.33. The van der Waals surface area contributed by atoms with Gasteiger partial charge in [0, 0.05) is 36.6 Å². The highest BCUT2D eigenvalue weighted by atomic mass is 35.5. The molecule has 2 amide bonds. The van der Waals surface area contributed by atoms with Crippen LogP contribution in [-0.2, 0) is 22.4 Å². The highest BCUT2D eigenvalue weighted by Crippen LogP contribution is 2.30. The second kappa shape index (κ2) is 7.69. The first kappa shape index (κ1) is 18.8. The second-order valence-electron chi connectivity index (χ2n) is 6.00. The standard InChI is InChI=1S/C17H19ClN4O3S/c1-2-13-20-21-14(26-13)6-8-19-15(23)17(25)7-9-22(16(17)24)12-5-3-4-11(18)10-12/h3-5,10,25H,2,6-9H2,1H3,(H,19,23)/t17-/m0/s1. The summed E-state index contributed by atoms with van der Waals surface area (Å²) in [5.41, 5.74) is -1.50. The largest absolute Gasteiger partial charge is 0.372 e. The fraction of sp³-hybridized carbons (Fsp3) is 0.412. The van der Waals surface area contributed by atoms with Crippen LogP contribution in [0.4, 0.5) is 5.69 Å². The minimum absolute atomic E-state index is 0.0307. The first-order chi connectivity index (χ1) is 12.4. The van der Waals surface area contributed by atoms with E-state index in [1.165, 1.54) is 16.2 Å². The van der Waals surface area contributed by atoms with Crippen molar-refractivity contribution in [1.82, 2.24) is 15.5 Å². The zero-order valence-electron chi connectivity index (χ0n) is 14.2. The lowest BCUT2D eigenvalue weighted by molar-refractivity contribution is -0.149. The predicted octanol–water partition coefficient (Wildman–Crippen LogP) is 1.58. The van der Waals surface area contributed by atoms with E-state index in [1.807, 2.05) is 6.92 Å². The molecule has 2 N–H and O–H groups in total. The number of benzene rings is 1. The molecule has 9 heteroatoms. The first-order valence-electron chi connectivity index (χ1n) is 8.33. The van der Waals surface area contributed by atoms with Gasteiger partial charge in [0.15, 0.2) is 0 Å². The number of aromatic nitrogens is 2. The first-order valence-corrected chi connectivity index (χ1v) is 9.53. The van der Waals surface area contributed by atoms with E-state index in [4.69, 9.17) is 11.6 Å². The van der Waals surface area contributed by atoms with Crippen molar-refractivity contribution < 1.29 is 14.7 Å². The van der Waals surface area contributed by atoms with Crippen molar-refractivity contribution in [1.29, 1.82) is 0 Å². The number of rotatable bonds is 6. The number of hydrogen-bond donors (Lipinski definition) is 2. The Morgan fingerprint density at radius 2 is 2.19 bits per heavy atom. The van der Waals surface area contributed by atoms with Crippen molar-refractivity contribution in [2.24, 2.45) is 0 Å². The van der Waals surface area contributed by atoms with Gasteiger partial charge < -0.3 is 15.3 Å². The summed E-state index contributed by atoms with van der Waals surface area (Å²) in [5, 5.41) is 23.5. The lowest BCUT2D eigenvalue weighted by atomic mass is 10.0. The van der Waals surface area contributed by atoms with Gasteiger partial charge in [-0.3, -0.25) is 9.59 Å². The zero-order chi connectivity index (χ0) is 18.7. The van der Waals surface area contributed by atoms with Gasteiger partial charge in [0.2, 0.25) is 5.60 Å². The molecule has 1 aliphatic rings. The van der Waals surface area contributed by atoms with Gasteiger partial charge in [0.25, 0.3) is 11.8 Å². The smallest absolute Gasteiger partial charge is 0.268 e. The lowest BCUT2D eigenvalue weighted by Gasteiger charge is -2.21. The van der Waals surface area contributed by atoms with E-state index in [2.05, 4.69) is 15.5 Å². The van der Waals surface area contributed by atoms with E-state index < -0.39 is 17.4 Å². The molecule has 0 spiro atoms. The lowest BCUT2D eigenvalue weighted by Crippen LogP contribution is -2.52. The Hall–Kier alpha value is -2.03. The molecule has 3 rings (SSSR count). The maximum atomic E-state index is 12.6. The van der Waals surface area contributed by atoms with Gasteiger partial charge in [-0.15, -0.1) is 21.5 Å². The van der Waals surface area contributed by atoms with E-state index >= 15 is 0 Å². The minimum Gasteiger partial charge on any atom is -0.372 e. The number of carbonyl (C=O) groups is 2. The molecule has 0 radical (unpaired) electrons. The molecule has 1 aliphatic heterocycles. The van der Waals surface area contributed by atoms with Crippen molar-refractivity contribution in [2.75, 3.05) is 18.0 Å². The second-order valence-corrected chi connectivity index (χ2v) is 7.58. The average Bonchev–Trinajstić information content (AvgIpc) is 3.21. The molecule has 1 saturated heterocycles. The Labute approximate surface area is 160 Å².